The molecule has 2 aliphatic rings. The fourth-order valence-electron chi connectivity index (χ4n) is 5.38. The summed E-state index contributed by atoms with van der Waals surface area (Å²) in [6, 6.07) is 13.6. The number of piperazine rings is 1. The third-order valence-corrected chi connectivity index (χ3v) is 7.45. The molecule has 5 rings (SSSR count). The molecule has 2 fully saturated rings. The minimum Gasteiger partial charge on any atom is -0.445 e. The highest BCUT2D eigenvalue weighted by atomic mass is 19.1. The number of nitrogens with one attached hydrogen (secondary N) is 2. The predicted molar refractivity (Wildman–Crippen MR) is 135 cm³/mol. The molecule has 3 aromatic rings. The maximum absolute atomic E-state index is 13.8. The van der Waals surface area contributed by atoms with E-state index in [2.05, 4.69) is 9.88 Å². The first kappa shape index (κ1) is 25.2. The second-order valence-corrected chi connectivity index (χ2v) is 9.76. The van der Waals surface area contributed by atoms with Gasteiger partial charge in [-0.05, 0) is 61.2 Å². The van der Waals surface area contributed by atoms with E-state index in [9.17, 15) is 19.2 Å². The number of fused-ring (bicyclic) bond motifs is 1. The molecule has 9 nitrogen and oxygen atoms in total. The van der Waals surface area contributed by atoms with E-state index < -0.39 is 18.0 Å². The van der Waals surface area contributed by atoms with Crippen LogP contribution in [0.4, 0.5) is 9.18 Å². The Morgan fingerprint density at radius 1 is 1.08 bits per heavy atom. The van der Waals surface area contributed by atoms with Gasteiger partial charge in [-0.3, -0.25) is 19.8 Å². The van der Waals surface area contributed by atoms with Crippen molar-refractivity contribution in [3.05, 3.63) is 71.7 Å². The average molecular weight is 510 g/mol. The number of nitrogens with zero attached hydrogens (tertiary/aromatic N) is 3. The number of hydrogen-bond acceptors (Lipinski definition) is 6. The van der Waals surface area contributed by atoms with Crippen molar-refractivity contribution in [3.63, 3.8) is 0 Å². The maximum Gasteiger partial charge on any atom is 0.410 e. The lowest BCUT2D eigenvalue weighted by molar-refractivity contribution is -0.138. The van der Waals surface area contributed by atoms with Crippen LogP contribution in [-0.4, -0.2) is 82.3 Å². The Balaban J connectivity index is 1.16. The van der Waals surface area contributed by atoms with Crippen LogP contribution in [0.2, 0.25) is 0 Å². The van der Waals surface area contributed by atoms with Gasteiger partial charge in [-0.1, -0.05) is 30.3 Å². The van der Waals surface area contributed by atoms with Crippen LogP contribution < -0.4 is 5.48 Å². The van der Waals surface area contributed by atoms with Crippen LogP contribution in [0.25, 0.3) is 10.9 Å². The third kappa shape index (κ3) is 5.76. The van der Waals surface area contributed by atoms with Crippen LogP contribution >= 0.6 is 0 Å². The summed E-state index contributed by atoms with van der Waals surface area (Å²) in [4.78, 5) is 34.2. The lowest BCUT2D eigenvalue weighted by atomic mass is 9.89. The van der Waals surface area contributed by atoms with Crippen molar-refractivity contribution < 1.29 is 23.9 Å². The van der Waals surface area contributed by atoms with E-state index in [0.29, 0.717) is 25.7 Å². The zero-order valence-electron chi connectivity index (χ0n) is 20.6. The fourth-order valence-corrected chi connectivity index (χ4v) is 5.38. The molecule has 37 heavy (non-hydrogen) atoms. The number of hydroxylamine groups is 1. The van der Waals surface area contributed by atoms with Gasteiger partial charge < -0.3 is 14.6 Å². The number of carbonyl (C=O) groups excluding carboxylic acids is 2. The molecular formula is C27H32FN5O4. The Kier molecular flexibility index (Phi) is 7.68. The molecule has 2 saturated heterocycles. The van der Waals surface area contributed by atoms with Crippen LogP contribution in [0.5, 0.6) is 0 Å². The summed E-state index contributed by atoms with van der Waals surface area (Å²) in [5.74, 6) is -0.446. The van der Waals surface area contributed by atoms with Gasteiger partial charge in [-0.15, -0.1) is 0 Å². The number of ether oxygens (including phenoxy) is 1. The van der Waals surface area contributed by atoms with E-state index in [1.807, 2.05) is 41.4 Å². The molecule has 3 N–H and O–H groups in total. The molecule has 0 saturated carbocycles. The fraction of sp³-hybridized carbons (Fsp3) is 0.407. The molecule has 0 aliphatic carbocycles. The van der Waals surface area contributed by atoms with Crippen LogP contribution in [-0.2, 0) is 16.1 Å². The van der Waals surface area contributed by atoms with Gasteiger partial charge in [0.05, 0.1) is 6.67 Å². The van der Waals surface area contributed by atoms with Crippen LogP contribution in [0, 0.1) is 5.82 Å². The second kappa shape index (κ2) is 11.3. The van der Waals surface area contributed by atoms with E-state index in [4.69, 9.17) is 4.74 Å². The van der Waals surface area contributed by atoms with E-state index in [1.54, 1.807) is 17.6 Å². The number of likely N-dealkylation sites (tertiary alicyclic amines) is 1. The highest BCUT2D eigenvalue weighted by Crippen LogP contribution is 2.33. The summed E-state index contributed by atoms with van der Waals surface area (Å²) in [7, 11) is 0. The van der Waals surface area contributed by atoms with E-state index in [-0.39, 0.29) is 19.0 Å². The maximum atomic E-state index is 13.8. The summed E-state index contributed by atoms with van der Waals surface area (Å²) in [5, 5.41) is 10.3. The number of rotatable bonds is 6. The Bertz CT molecular complexity index is 1230. The van der Waals surface area contributed by atoms with E-state index in [0.717, 1.165) is 48.0 Å². The lowest BCUT2D eigenvalue weighted by Crippen LogP contribution is -2.62. The van der Waals surface area contributed by atoms with Gasteiger partial charge in [-0.25, -0.2) is 14.7 Å². The summed E-state index contributed by atoms with van der Waals surface area (Å²) in [6.07, 6.45) is 3.36. The second-order valence-electron chi connectivity index (χ2n) is 9.76. The van der Waals surface area contributed by atoms with Crippen molar-refractivity contribution in [2.24, 2.45) is 0 Å². The molecule has 0 spiro atoms. The van der Waals surface area contributed by atoms with Gasteiger partial charge in [0.15, 0.2) is 0 Å². The molecule has 2 aromatic carbocycles. The zero-order valence-corrected chi connectivity index (χ0v) is 20.6. The van der Waals surface area contributed by atoms with Gasteiger partial charge in [0.25, 0.3) is 5.91 Å². The summed E-state index contributed by atoms with van der Waals surface area (Å²) in [5.41, 5.74) is 4.73. The Morgan fingerprint density at radius 3 is 2.62 bits per heavy atom. The number of hydrogen-bond donors (Lipinski definition) is 3. The Labute approximate surface area is 214 Å². The highest BCUT2D eigenvalue weighted by Gasteiger charge is 2.36. The van der Waals surface area contributed by atoms with Crippen molar-refractivity contribution in [1.29, 1.82) is 0 Å². The van der Waals surface area contributed by atoms with E-state index >= 15 is 0 Å². The quantitative estimate of drug-likeness (QED) is 0.348. The minimum absolute atomic E-state index is 0.136. The molecule has 3 heterocycles. The van der Waals surface area contributed by atoms with Gasteiger partial charge in [-0.2, -0.15) is 0 Å². The van der Waals surface area contributed by atoms with Gasteiger partial charge in [0, 0.05) is 36.7 Å². The number of H-pyrrole nitrogens is 1. The monoisotopic (exact) mass is 509 g/mol. The summed E-state index contributed by atoms with van der Waals surface area (Å²) >= 11 is 0. The molecule has 0 radical (unpaired) electrons. The Hall–Kier alpha value is -3.47. The van der Waals surface area contributed by atoms with Crippen molar-refractivity contribution in [2.75, 3.05) is 39.4 Å². The standard InChI is InChI=1S/C27H32FN5O4/c28-21-6-7-24-22(14-21)23(15-29-24)20-8-10-31(11-9-20)18-33-13-12-32(16-25(33)26(34)30-36)27(35)37-17-19-4-2-1-3-5-19/h1-7,14-15,20,25,29,36H,8-13,16-18H2,(H,30,34). The number of amides is 2. The molecule has 0 bridgehead atoms. The summed E-state index contributed by atoms with van der Waals surface area (Å²) < 4.78 is 19.2. The lowest BCUT2D eigenvalue weighted by Gasteiger charge is -2.43. The van der Waals surface area contributed by atoms with Crippen LogP contribution in [0.1, 0.15) is 29.9 Å². The molecule has 2 aliphatic heterocycles. The topological polar surface area (TPSA) is 101 Å². The van der Waals surface area contributed by atoms with Gasteiger partial charge >= 0.3 is 6.09 Å². The van der Waals surface area contributed by atoms with Crippen LogP contribution in [0.3, 0.4) is 0 Å². The first-order valence-electron chi connectivity index (χ1n) is 12.6. The number of aromatic amines is 1. The number of aromatic nitrogens is 1. The molecule has 1 aromatic heterocycles. The van der Waals surface area contributed by atoms with Crippen molar-refractivity contribution in [3.8, 4) is 0 Å². The SMILES string of the molecule is O=C(NO)C1CN(C(=O)OCc2ccccc2)CCN1CN1CCC(c2c[nH]c3ccc(F)cc23)CC1. The molecule has 196 valence electrons. The molecule has 1 unspecified atom stereocenters. The number of halogens is 1. The number of carbonyl (C=O) groups is 2. The number of benzene rings is 2. The minimum atomic E-state index is -0.683. The molecule has 10 heteroatoms. The third-order valence-electron chi connectivity index (χ3n) is 7.45. The first-order chi connectivity index (χ1) is 18.0. The van der Waals surface area contributed by atoms with Crippen molar-refractivity contribution in [1.82, 2.24) is 25.2 Å². The zero-order chi connectivity index (χ0) is 25.8. The van der Waals surface area contributed by atoms with Gasteiger partial charge in [0.2, 0.25) is 0 Å². The first-order valence-corrected chi connectivity index (χ1v) is 12.6. The molecule has 1 atom stereocenters. The largest absolute Gasteiger partial charge is 0.445 e. The van der Waals surface area contributed by atoms with E-state index in [1.165, 1.54) is 11.0 Å². The van der Waals surface area contributed by atoms with Crippen molar-refractivity contribution >= 4 is 22.9 Å². The van der Waals surface area contributed by atoms with Crippen molar-refractivity contribution in [2.45, 2.75) is 31.4 Å². The normalized spacial score (nSPS) is 19.7. The highest BCUT2D eigenvalue weighted by molar-refractivity contribution is 5.84. The predicted octanol–water partition coefficient (Wildman–Crippen LogP) is 3.27. The summed E-state index contributed by atoms with van der Waals surface area (Å²) in [6.45, 7) is 3.44. The Morgan fingerprint density at radius 2 is 1.86 bits per heavy atom. The van der Waals surface area contributed by atoms with Gasteiger partial charge in [0.1, 0.15) is 18.5 Å². The average Bonchev–Trinajstić information content (AvgIpc) is 3.35. The number of piperidine rings is 1. The molecular weight excluding hydrogens is 477 g/mol. The molecule has 2 amide bonds. The smallest absolute Gasteiger partial charge is 0.410 e. The van der Waals surface area contributed by atoms with Crippen LogP contribution in [0.15, 0.2) is 54.7 Å².